The lowest BCUT2D eigenvalue weighted by molar-refractivity contribution is 0.102. The van der Waals surface area contributed by atoms with Crippen LogP contribution in [0.2, 0.25) is 0 Å². The van der Waals surface area contributed by atoms with Gasteiger partial charge in [0.15, 0.2) is 11.5 Å². The standard InChI is InChI=1S/C27H25N3O3/c1-2-32-26-18-21(8-13-25(26)33-19-20-14-16-28-17-15-20)27(31)30-24-11-9-23(10-12-24)29-22-6-4-3-5-7-22/h3-18,29H,2,19H2,1H3,(H,30,31). The van der Waals surface area contributed by atoms with Crippen LogP contribution in [0, 0.1) is 0 Å². The molecular weight excluding hydrogens is 414 g/mol. The number of anilines is 3. The molecule has 1 heterocycles. The fourth-order valence-corrected chi connectivity index (χ4v) is 3.21. The maximum Gasteiger partial charge on any atom is 0.255 e. The van der Waals surface area contributed by atoms with Crippen LogP contribution in [0.3, 0.4) is 0 Å². The lowest BCUT2D eigenvalue weighted by Gasteiger charge is -2.14. The van der Waals surface area contributed by atoms with E-state index in [2.05, 4.69) is 15.6 Å². The lowest BCUT2D eigenvalue weighted by atomic mass is 10.1. The second kappa shape index (κ2) is 10.8. The molecule has 6 heteroatoms. The molecule has 1 aromatic heterocycles. The van der Waals surface area contributed by atoms with Gasteiger partial charge in [-0.2, -0.15) is 0 Å². The number of rotatable bonds is 9. The number of pyridine rings is 1. The van der Waals surface area contributed by atoms with Crippen molar-refractivity contribution in [1.82, 2.24) is 4.98 Å². The van der Waals surface area contributed by atoms with Gasteiger partial charge in [-0.25, -0.2) is 0 Å². The minimum Gasteiger partial charge on any atom is -0.490 e. The molecule has 3 aromatic carbocycles. The van der Waals surface area contributed by atoms with Gasteiger partial charge in [-0.15, -0.1) is 0 Å². The molecular formula is C27H25N3O3. The Hall–Kier alpha value is -4.32. The van der Waals surface area contributed by atoms with Crippen LogP contribution in [0.4, 0.5) is 17.1 Å². The molecule has 0 saturated carbocycles. The highest BCUT2D eigenvalue weighted by molar-refractivity contribution is 6.04. The van der Waals surface area contributed by atoms with E-state index in [1.165, 1.54) is 0 Å². The molecule has 0 bridgehead atoms. The highest BCUT2D eigenvalue weighted by Gasteiger charge is 2.12. The topological polar surface area (TPSA) is 72.5 Å². The quantitative estimate of drug-likeness (QED) is 0.332. The highest BCUT2D eigenvalue weighted by Crippen LogP contribution is 2.30. The van der Waals surface area contributed by atoms with E-state index in [4.69, 9.17) is 9.47 Å². The number of hydrogen-bond donors (Lipinski definition) is 2. The van der Waals surface area contributed by atoms with E-state index in [9.17, 15) is 4.79 Å². The molecule has 4 aromatic rings. The zero-order valence-electron chi connectivity index (χ0n) is 18.3. The number of carbonyl (C=O) groups is 1. The van der Waals surface area contributed by atoms with Crippen LogP contribution in [-0.2, 0) is 6.61 Å². The average molecular weight is 440 g/mol. The van der Waals surface area contributed by atoms with Crippen molar-refractivity contribution in [3.8, 4) is 11.5 Å². The minimum atomic E-state index is -0.222. The molecule has 0 spiro atoms. The Morgan fingerprint density at radius 3 is 2.21 bits per heavy atom. The number of aromatic nitrogens is 1. The Labute approximate surface area is 193 Å². The molecule has 0 fully saturated rings. The van der Waals surface area contributed by atoms with Gasteiger partial charge >= 0.3 is 0 Å². The van der Waals surface area contributed by atoms with E-state index in [0.717, 1.165) is 16.9 Å². The van der Waals surface area contributed by atoms with Crippen molar-refractivity contribution in [2.45, 2.75) is 13.5 Å². The number of benzene rings is 3. The number of nitrogens with one attached hydrogen (secondary N) is 2. The lowest BCUT2D eigenvalue weighted by Crippen LogP contribution is -2.12. The van der Waals surface area contributed by atoms with Crippen molar-refractivity contribution in [3.63, 3.8) is 0 Å². The van der Waals surface area contributed by atoms with Crippen molar-refractivity contribution in [2.24, 2.45) is 0 Å². The van der Waals surface area contributed by atoms with Gasteiger partial charge < -0.3 is 20.1 Å². The third kappa shape index (κ3) is 6.11. The van der Waals surface area contributed by atoms with Crippen LogP contribution < -0.4 is 20.1 Å². The summed E-state index contributed by atoms with van der Waals surface area (Å²) in [7, 11) is 0. The van der Waals surface area contributed by atoms with E-state index >= 15 is 0 Å². The molecule has 0 aliphatic heterocycles. The van der Waals surface area contributed by atoms with E-state index in [1.807, 2.05) is 73.7 Å². The zero-order valence-corrected chi connectivity index (χ0v) is 18.3. The normalized spacial score (nSPS) is 10.3. The molecule has 1 amide bonds. The second-order valence-electron chi connectivity index (χ2n) is 7.26. The number of ether oxygens (including phenoxy) is 2. The minimum absolute atomic E-state index is 0.222. The Morgan fingerprint density at radius 2 is 1.48 bits per heavy atom. The van der Waals surface area contributed by atoms with Gasteiger partial charge in [0.2, 0.25) is 0 Å². The molecule has 0 radical (unpaired) electrons. The van der Waals surface area contributed by atoms with Gasteiger partial charge in [0, 0.05) is 35.0 Å². The van der Waals surface area contributed by atoms with Crippen LogP contribution in [-0.4, -0.2) is 17.5 Å². The average Bonchev–Trinajstić information content (AvgIpc) is 2.86. The summed E-state index contributed by atoms with van der Waals surface area (Å²) in [5.74, 6) is 0.892. The maximum atomic E-state index is 12.8. The van der Waals surface area contributed by atoms with Crippen LogP contribution in [0.15, 0.2) is 97.3 Å². The molecule has 4 rings (SSSR count). The van der Waals surface area contributed by atoms with Crippen LogP contribution in [0.5, 0.6) is 11.5 Å². The number of carbonyl (C=O) groups excluding carboxylic acids is 1. The molecule has 0 aliphatic carbocycles. The van der Waals surface area contributed by atoms with Crippen LogP contribution in [0.25, 0.3) is 0 Å². The van der Waals surface area contributed by atoms with Gasteiger partial charge in [0.1, 0.15) is 6.61 Å². The number of amides is 1. The molecule has 2 N–H and O–H groups in total. The molecule has 0 unspecified atom stereocenters. The van der Waals surface area contributed by atoms with Crippen molar-refractivity contribution in [2.75, 3.05) is 17.2 Å². The summed E-state index contributed by atoms with van der Waals surface area (Å²) in [6.07, 6.45) is 3.44. The summed E-state index contributed by atoms with van der Waals surface area (Å²) in [6, 6.07) is 26.4. The number of hydrogen-bond acceptors (Lipinski definition) is 5. The first-order valence-electron chi connectivity index (χ1n) is 10.7. The SMILES string of the molecule is CCOc1cc(C(=O)Nc2ccc(Nc3ccccc3)cc2)ccc1OCc1ccncc1. The molecule has 0 aliphatic rings. The maximum absolute atomic E-state index is 12.8. The third-order valence-electron chi connectivity index (χ3n) is 4.85. The smallest absolute Gasteiger partial charge is 0.255 e. The van der Waals surface area contributed by atoms with Crippen LogP contribution in [0.1, 0.15) is 22.8 Å². The first-order chi connectivity index (χ1) is 16.2. The van der Waals surface area contributed by atoms with Crippen molar-refractivity contribution < 1.29 is 14.3 Å². The van der Waals surface area contributed by atoms with Crippen molar-refractivity contribution in [3.05, 3.63) is 108 Å². The Kier molecular flexibility index (Phi) is 7.18. The molecule has 0 saturated heterocycles. The first kappa shape index (κ1) is 21.9. The summed E-state index contributed by atoms with van der Waals surface area (Å²) < 4.78 is 11.6. The number of nitrogens with zero attached hydrogens (tertiary/aromatic N) is 1. The van der Waals surface area contributed by atoms with Gasteiger partial charge in [-0.3, -0.25) is 9.78 Å². The predicted molar refractivity (Wildman–Crippen MR) is 130 cm³/mol. The number of para-hydroxylation sites is 1. The summed E-state index contributed by atoms with van der Waals surface area (Å²) in [5, 5.41) is 6.25. The Morgan fingerprint density at radius 1 is 0.788 bits per heavy atom. The van der Waals surface area contributed by atoms with Gasteiger partial charge in [0.05, 0.1) is 6.61 Å². The fourth-order valence-electron chi connectivity index (χ4n) is 3.21. The Bertz CT molecular complexity index is 1180. The van der Waals surface area contributed by atoms with Crippen LogP contribution >= 0.6 is 0 Å². The van der Waals surface area contributed by atoms with E-state index in [-0.39, 0.29) is 5.91 Å². The predicted octanol–water partition coefficient (Wildman–Crippen LogP) is 6.06. The second-order valence-corrected chi connectivity index (χ2v) is 7.26. The van der Waals surface area contributed by atoms with Gasteiger partial charge in [-0.05, 0) is 79.2 Å². The highest BCUT2D eigenvalue weighted by atomic mass is 16.5. The molecule has 6 nitrogen and oxygen atoms in total. The third-order valence-corrected chi connectivity index (χ3v) is 4.85. The first-order valence-corrected chi connectivity index (χ1v) is 10.7. The van der Waals surface area contributed by atoms with E-state index in [0.29, 0.717) is 36.0 Å². The van der Waals surface area contributed by atoms with Gasteiger partial charge in [0.25, 0.3) is 5.91 Å². The molecule has 33 heavy (non-hydrogen) atoms. The summed E-state index contributed by atoms with van der Waals surface area (Å²) >= 11 is 0. The van der Waals surface area contributed by atoms with E-state index < -0.39 is 0 Å². The van der Waals surface area contributed by atoms with Crippen molar-refractivity contribution >= 4 is 23.0 Å². The summed E-state index contributed by atoms with van der Waals surface area (Å²) in [4.78, 5) is 16.8. The zero-order chi connectivity index (χ0) is 22.9. The van der Waals surface area contributed by atoms with Gasteiger partial charge in [-0.1, -0.05) is 18.2 Å². The summed E-state index contributed by atoms with van der Waals surface area (Å²) in [6.45, 7) is 2.74. The molecule has 0 atom stereocenters. The fraction of sp³-hybridized carbons (Fsp3) is 0.111. The summed E-state index contributed by atoms with van der Waals surface area (Å²) in [5.41, 5.74) is 4.13. The van der Waals surface area contributed by atoms with E-state index in [1.54, 1.807) is 30.6 Å². The largest absolute Gasteiger partial charge is 0.490 e. The Balaban J connectivity index is 1.41. The monoisotopic (exact) mass is 439 g/mol. The van der Waals surface area contributed by atoms with Crippen molar-refractivity contribution in [1.29, 1.82) is 0 Å². The molecule has 166 valence electrons.